The minimum Gasteiger partial charge on any atom is -0.308 e. The van der Waals surface area contributed by atoms with E-state index >= 15 is 0 Å². The number of carbonyl (C=O) groups excluding carboxylic acids is 2. The summed E-state index contributed by atoms with van der Waals surface area (Å²) in [5.41, 5.74) is 4.62. The van der Waals surface area contributed by atoms with Gasteiger partial charge in [0.2, 0.25) is 11.7 Å². The van der Waals surface area contributed by atoms with Gasteiger partial charge in [-0.2, -0.15) is 0 Å². The summed E-state index contributed by atoms with van der Waals surface area (Å²) in [4.78, 5) is 32.4. The third-order valence-corrected chi connectivity index (χ3v) is 8.22. The fraction of sp³-hybridized carbons (Fsp3) is 0.231. The van der Waals surface area contributed by atoms with E-state index in [1.54, 1.807) is 26.2 Å². The molecule has 0 aliphatic carbocycles. The van der Waals surface area contributed by atoms with Gasteiger partial charge >= 0.3 is 0 Å². The lowest BCUT2D eigenvalue weighted by Crippen LogP contribution is -2.35. The fourth-order valence-electron chi connectivity index (χ4n) is 3.82. The quantitative estimate of drug-likeness (QED) is 0.613. The number of amides is 1. The number of ketones is 1. The molecule has 8 heteroatoms. The summed E-state index contributed by atoms with van der Waals surface area (Å²) >= 11 is 0. The molecule has 0 spiro atoms. The van der Waals surface area contributed by atoms with E-state index in [0.29, 0.717) is 5.56 Å². The Bertz CT molecular complexity index is 1500. The molecule has 34 heavy (non-hydrogen) atoms. The van der Waals surface area contributed by atoms with Crippen LogP contribution in [0.15, 0.2) is 65.9 Å². The highest BCUT2D eigenvalue weighted by molar-refractivity contribution is 7.91. The number of nitrogens with zero attached hydrogens (tertiary/aromatic N) is 2. The summed E-state index contributed by atoms with van der Waals surface area (Å²) in [5.74, 6) is -0.567. The van der Waals surface area contributed by atoms with E-state index in [0.717, 1.165) is 33.2 Å². The zero-order chi connectivity index (χ0) is 24.7. The first-order valence-corrected chi connectivity index (χ1v) is 12.6. The van der Waals surface area contributed by atoms with E-state index in [-0.39, 0.29) is 23.9 Å². The average Bonchev–Trinajstić information content (AvgIpc) is 2.78. The van der Waals surface area contributed by atoms with E-state index in [2.05, 4.69) is 15.3 Å². The molecule has 4 rings (SSSR count). The molecule has 0 fully saturated rings. The molecule has 3 aromatic rings. The SMILES string of the molecule is CC(=O)NC1=NC=C(c2cccc(-c3cc(C(C)(C)S(C)(=O)=O)cc4cccnc34)c2)CC1=O. The number of hydrogen-bond donors (Lipinski definition) is 1. The van der Waals surface area contributed by atoms with Crippen LogP contribution in [0.25, 0.3) is 27.6 Å². The van der Waals surface area contributed by atoms with Gasteiger partial charge in [-0.05, 0) is 60.4 Å². The number of aromatic nitrogens is 1. The zero-order valence-corrected chi connectivity index (χ0v) is 20.2. The Kier molecular flexibility index (Phi) is 5.95. The van der Waals surface area contributed by atoms with Crippen molar-refractivity contribution in [1.82, 2.24) is 10.3 Å². The Morgan fingerprint density at radius 3 is 2.47 bits per heavy atom. The van der Waals surface area contributed by atoms with Crippen molar-refractivity contribution in [3.63, 3.8) is 0 Å². The van der Waals surface area contributed by atoms with Crippen LogP contribution in [0.4, 0.5) is 0 Å². The van der Waals surface area contributed by atoms with Crippen molar-refractivity contribution in [1.29, 1.82) is 0 Å². The Morgan fingerprint density at radius 2 is 1.79 bits per heavy atom. The van der Waals surface area contributed by atoms with Crippen LogP contribution < -0.4 is 5.32 Å². The maximum absolute atomic E-state index is 12.5. The lowest BCUT2D eigenvalue weighted by atomic mass is 9.91. The summed E-state index contributed by atoms with van der Waals surface area (Å²) in [6, 6.07) is 15.1. The van der Waals surface area contributed by atoms with Crippen molar-refractivity contribution >= 4 is 43.8 Å². The molecular weight excluding hydrogens is 450 g/mol. The molecule has 0 bridgehead atoms. The lowest BCUT2D eigenvalue weighted by Gasteiger charge is -2.24. The van der Waals surface area contributed by atoms with Crippen LogP contribution >= 0.6 is 0 Å². The van der Waals surface area contributed by atoms with Crippen molar-refractivity contribution in [3.05, 3.63) is 72.1 Å². The first-order valence-electron chi connectivity index (χ1n) is 10.7. The van der Waals surface area contributed by atoms with Gasteiger partial charge in [-0.3, -0.25) is 14.6 Å². The van der Waals surface area contributed by atoms with Crippen LogP contribution in [0.2, 0.25) is 0 Å². The van der Waals surface area contributed by atoms with Crippen LogP contribution in [0.3, 0.4) is 0 Å². The first kappa shape index (κ1) is 23.5. The van der Waals surface area contributed by atoms with Gasteiger partial charge in [0.15, 0.2) is 15.7 Å². The molecule has 1 N–H and O–H groups in total. The predicted octanol–water partition coefficient (Wildman–Crippen LogP) is 4.03. The standard InChI is InChI=1S/C26H25N3O4S/c1-16(30)29-25-23(31)13-20(15-28-25)17-7-5-8-18(11-17)22-14-21(26(2,3)34(4,32)33)12-19-9-6-10-27-24(19)22/h5-12,14-15H,13H2,1-4H3,(H,28,29,30). The highest BCUT2D eigenvalue weighted by Crippen LogP contribution is 2.37. The first-order chi connectivity index (χ1) is 16.0. The average molecular weight is 476 g/mol. The monoisotopic (exact) mass is 475 g/mol. The molecule has 1 aliphatic heterocycles. The van der Waals surface area contributed by atoms with Crippen molar-refractivity contribution in [3.8, 4) is 11.1 Å². The van der Waals surface area contributed by atoms with Crippen molar-refractivity contribution in [2.24, 2.45) is 4.99 Å². The van der Waals surface area contributed by atoms with Gasteiger partial charge in [-0.25, -0.2) is 13.4 Å². The number of fused-ring (bicyclic) bond motifs is 1. The zero-order valence-electron chi connectivity index (χ0n) is 19.4. The highest BCUT2D eigenvalue weighted by Gasteiger charge is 2.33. The summed E-state index contributed by atoms with van der Waals surface area (Å²) in [7, 11) is -3.38. The second-order valence-electron chi connectivity index (χ2n) is 8.88. The largest absolute Gasteiger partial charge is 0.308 e. The third-order valence-electron chi connectivity index (χ3n) is 6.13. The Morgan fingerprint density at radius 1 is 1.06 bits per heavy atom. The Balaban J connectivity index is 1.85. The molecule has 1 aliphatic rings. The molecule has 1 amide bonds. The fourth-order valence-corrected chi connectivity index (χ4v) is 4.37. The molecule has 0 atom stereocenters. The molecule has 0 saturated heterocycles. The molecule has 1 aromatic heterocycles. The molecule has 0 saturated carbocycles. The number of Topliss-reactive ketones (excluding diaryl/α,β-unsaturated/α-hetero) is 1. The lowest BCUT2D eigenvalue weighted by molar-refractivity contribution is -0.119. The third kappa shape index (κ3) is 4.41. The summed E-state index contributed by atoms with van der Waals surface area (Å²) in [6.07, 6.45) is 4.65. The van der Waals surface area contributed by atoms with Crippen LogP contribution in [0.5, 0.6) is 0 Å². The van der Waals surface area contributed by atoms with Crippen molar-refractivity contribution in [2.45, 2.75) is 31.9 Å². The van der Waals surface area contributed by atoms with Gasteiger partial charge in [-0.15, -0.1) is 0 Å². The molecular formula is C26H25N3O4S. The smallest absolute Gasteiger partial charge is 0.222 e. The van der Waals surface area contributed by atoms with Gasteiger partial charge < -0.3 is 5.32 Å². The summed E-state index contributed by atoms with van der Waals surface area (Å²) in [5, 5.41) is 3.29. The number of carbonyl (C=O) groups is 2. The minimum atomic E-state index is -3.38. The molecule has 0 radical (unpaired) electrons. The van der Waals surface area contributed by atoms with E-state index in [1.807, 2.05) is 48.5 Å². The second-order valence-corrected chi connectivity index (χ2v) is 11.4. The van der Waals surface area contributed by atoms with E-state index in [1.165, 1.54) is 13.2 Å². The van der Waals surface area contributed by atoms with Crippen LogP contribution in [-0.4, -0.2) is 37.2 Å². The second kappa shape index (κ2) is 8.61. The minimum absolute atomic E-state index is 0.0401. The number of nitrogens with one attached hydrogen (secondary N) is 1. The number of benzene rings is 2. The number of allylic oxidation sites excluding steroid dienone is 1. The predicted molar refractivity (Wildman–Crippen MR) is 134 cm³/mol. The van der Waals surface area contributed by atoms with Gasteiger partial charge in [0.05, 0.1) is 10.3 Å². The van der Waals surface area contributed by atoms with Crippen LogP contribution in [0.1, 0.15) is 38.3 Å². The Hall–Kier alpha value is -3.65. The van der Waals surface area contributed by atoms with Crippen LogP contribution in [0, 0.1) is 0 Å². The number of rotatable bonds is 4. The normalized spacial score (nSPS) is 14.5. The molecule has 2 heterocycles. The summed E-state index contributed by atoms with van der Waals surface area (Å²) < 4.78 is 24.0. The maximum Gasteiger partial charge on any atom is 0.222 e. The van der Waals surface area contributed by atoms with Crippen molar-refractivity contribution < 1.29 is 18.0 Å². The summed E-state index contributed by atoms with van der Waals surface area (Å²) in [6.45, 7) is 4.72. The molecule has 2 aromatic carbocycles. The number of pyridine rings is 1. The number of amidine groups is 1. The number of sulfone groups is 1. The van der Waals surface area contributed by atoms with Gasteiger partial charge in [-0.1, -0.05) is 24.3 Å². The van der Waals surface area contributed by atoms with E-state index in [4.69, 9.17) is 0 Å². The molecule has 174 valence electrons. The Labute approximate surface area is 198 Å². The topological polar surface area (TPSA) is 106 Å². The van der Waals surface area contributed by atoms with E-state index < -0.39 is 14.6 Å². The molecule has 0 unspecified atom stereocenters. The number of hydrogen-bond acceptors (Lipinski definition) is 6. The van der Waals surface area contributed by atoms with E-state index in [9.17, 15) is 18.0 Å². The van der Waals surface area contributed by atoms with Gasteiger partial charge in [0.1, 0.15) is 0 Å². The molecule has 7 nitrogen and oxygen atoms in total. The van der Waals surface area contributed by atoms with Gasteiger partial charge in [0, 0.05) is 42.9 Å². The van der Waals surface area contributed by atoms with Gasteiger partial charge in [0.25, 0.3) is 0 Å². The number of aliphatic imine (C=N–C) groups is 1. The maximum atomic E-state index is 12.5. The van der Waals surface area contributed by atoms with Crippen molar-refractivity contribution in [2.75, 3.05) is 6.26 Å². The highest BCUT2D eigenvalue weighted by atomic mass is 32.2. The van der Waals surface area contributed by atoms with Crippen LogP contribution in [-0.2, 0) is 24.2 Å².